The predicted molar refractivity (Wildman–Crippen MR) is 92.9 cm³/mol. The molecule has 0 unspecified atom stereocenters. The van der Waals surface area contributed by atoms with Crippen molar-refractivity contribution in [1.82, 2.24) is 10.2 Å². The Morgan fingerprint density at radius 1 is 1.28 bits per heavy atom. The summed E-state index contributed by atoms with van der Waals surface area (Å²) in [6.45, 7) is 5.66. The van der Waals surface area contributed by atoms with Crippen LogP contribution in [0.4, 0.5) is 5.69 Å². The third-order valence-corrected chi connectivity index (χ3v) is 6.23. The van der Waals surface area contributed by atoms with E-state index in [1.54, 1.807) is 18.2 Å². The second-order valence-corrected chi connectivity index (χ2v) is 7.57. The predicted octanol–water partition coefficient (Wildman–Crippen LogP) is 1.88. The van der Waals surface area contributed by atoms with Crippen molar-refractivity contribution in [2.24, 2.45) is 11.8 Å². The largest absolute Gasteiger partial charge is 0.323 e. The second kappa shape index (κ2) is 5.29. The number of rotatable bonds is 2. The zero-order valence-corrected chi connectivity index (χ0v) is 15.1. The quantitative estimate of drug-likeness (QED) is 0.788. The highest BCUT2D eigenvalue weighted by Crippen LogP contribution is 2.54. The average molecular weight is 362 g/mol. The Kier molecular flexibility index (Phi) is 3.50. The third kappa shape index (κ3) is 1.87. The number of nitrogens with one attached hydrogen (secondary N) is 2. The van der Waals surface area contributed by atoms with Crippen molar-refractivity contribution in [1.29, 1.82) is 0 Å². The van der Waals surface area contributed by atoms with E-state index in [2.05, 4.69) is 10.6 Å². The molecule has 6 nitrogen and oxygen atoms in total. The molecule has 5 atom stereocenters. The number of fused-ring (bicyclic) bond motifs is 4. The van der Waals surface area contributed by atoms with Gasteiger partial charge in [0.25, 0.3) is 0 Å². The van der Waals surface area contributed by atoms with E-state index in [0.717, 1.165) is 0 Å². The first-order chi connectivity index (χ1) is 11.8. The van der Waals surface area contributed by atoms with Gasteiger partial charge in [-0.25, -0.2) is 0 Å². The molecule has 0 aromatic heterocycles. The van der Waals surface area contributed by atoms with Crippen molar-refractivity contribution < 1.29 is 14.4 Å². The number of amides is 3. The van der Waals surface area contributed by atoms with Gasteiger partial charge >= 0.3 is 0 Å². The van der Waals surface area contributed by atoms with Gasteiger partial charge in [-0.2, -0.15) is 0 Å². The molecule has 0 saturated carbocycles. The minimum atomic E-state index is -1.24. The molecule has 0 aliphatic carbocycles. The van der Waals surface area contributed by atoms with Gasteiger partial charge in [-0.15, -0.1) is 0 Å². The minimum Gasteiger partial charge on any atom is -0.323 e. The van der Waals surface area contributed by atoms with Gasteiger partial charge in [-0.05, 0) is 26.3 Å². The first-order valence-corrected chi connectivity index (χ1v) is 8.97. The molecule has 2 N–H and O–H groups in total. The van der Waals surface area contributed by atoms with E-state index in [9.17, 15) is 14.4 Å². The number of benzene rings is 1. The summed E-state index contributed by atoms with van der Waals surface area (Å²) < 4.78 is 0. The number of hydrogen-bond donors (Lipinski definition) is 2. The summed E-state index contributed by atoms with van der Waals surface area (Å²) in [6, 6.07) is 4.79. The Bertz CT molecular complexity index is 811. The number of imide groups is 1. The summed E-state index contributed by atoms with van der Waals surface area (Å²) in [6.07, 6.45) is 0.681. The molecule has 3 amide bonds. The van der Waals surface area contributed by atoms with Crippen LogP contribution >= 0.6 is 11.6 Å². The highest BCUT2D eigenvalue weighted by Gasteiger charge is 2.70. The van der Waals surface area contributed by atoms with Crippen LogP contribution in [-0.4, -0.2) is 34.7 Å². The molecule has 2 saturated heterocycles. The Hall–Kier alpha value is -1.92. The average Bonchev–Trinajstić information content (AvgIpc) is 3.13. The van der Waals surface area contributed by atoms with Crippen molar-refractivity contribution in [2.45, 2.75) is 44.8 Å². The lowest BCUT2D eigenvalue weighted by Crippen LogP contribution is -2.53. The number of hydrogen-bond acceptors (Lipinski definition) is 4. The molecule has 4 rings (SSSR count). The first-order valence-electron chi connectivity index (χ1n) is 8.59. The summed E-state index contributed by atoms with van der Waals surface area (Å²) in [5.41, 5.74) is -0.0625. The van der Waals surface area contributed by atoms with Crippen molar-refractivity contribution in [3.8, 4) is 0 Å². The van der Waals surface area contributed by atoms with Crippen LogP contribution in [0.15, 0.2) is 18.2 Å². The summed E-state index contributed by atoms with van der Waals surface area (Å²) in [5.74, 6) is -2.07. The SMILES string of the molecule is CC[C@H](C)N1C(=O)[C@@H]2[C@H](C)N[C@@]3(C(=O)Nc4c(Cl)cccc43)[C@@H]2C1=O. The number of halogens is 1. The monoisotopic (exact) mass is 361 g/mol. The molecule has 3 aliphatic rings. The lowest BCUT2D eigenvalue weighted by molar-refractivity contribution is -0.145. The van der Waals surface area contributed by atoms with E-state index in [1.807, 2.05) is 20.8 Å². The van der Waals surface area contributed by atoms with Crippen LogP contribution in [0.3, 0.4) is 0 Å². The highest BCUT2D eigenvalue weighted by atomic mass is 35.5. The molecule has 3 aliphatic heterocycles. The molecule has 7 heteroatoms. The fourth-order valence-corrected chi connectivity index (χ4v) is 4.82. The van der Waals surface area contributed by atoms with Crippen molar-refractivity contribution in [2.75, 3.05) is 5.32 Å². The molecular formula is C18H20ClN3O3. The normalized spacial score (nSPS) is 34.5. The van der Waals surface area contributed by atoms with E-state index in [4.69, 9.17) is 11.6 Å². The summed E-state index contributed by atoms with van der Waals surface area (Å²) >= 11 is 6.24. The summed E-state index contributed by atoms with van der Waals surface area (Å²) in [7, 11) is 0. The lowest BCUT2D eigenvalue weighted by atomic mass is 9.76. The number of carbonyl (C=O) groups is 3. The Balaban J connectivity index is 1.89. The third-order valence-electron chi connectivity index (χ3n) is 5.91. The van der Waals surface area contributed by atoms with Crippen LogP contribution in [0.2, 0.25) is 5.02 Å². The fraction of sp³-hybridized carbons (Fsp3) is 0.500. The highest BCUT2D eigenvalue weighted by molar-refractivity contribution is 6.35. The molecule has 1 aromatic rings. The summed E-state index contributed by atoms with van der Waals surface area (Å²) in [5, 5.41) is 6.50. The zero-order valence-electron chi connectivity index (χ0n) is 14.3. The van der Waals surface area contributed by atoms with Crippen LogP contribution in [0.5, 0.6) is 0 Å². The topological polar surface area (TPSA) is 78.5 Å². The van der Waals surface area contributed by atoms with Gasteiger partial charge in [0.1, 0.15) is 5.54 Å². The Morgan fingerprint density at radius 2 is 2.00 bits per heavy atom. The number of para-hydroxylation sites is 1. The maximum atomic E-state index is 13.2. The number of likely N-dealkylation sites (tertiary alicyclic amines) is 1. The minimum absolute atomic E-state index is 0.182. The molecular weight excluding hydrogens is 342 g/mol. The molecule has 3 heterocycles. The van der Waals surface area contributed by atoms with E-state index in [-0.39, 0.29) is 29.8 Å². The van der Waals surface area contributed by atoms with E-state index in [1.165, 1.54) is 4.90 Å². The van der Waals surface area contributed by atoms with Crippen molar-refractivity contribution >= 4 is 35.0 Å². The van der Waals surface area contributed by atoms with Gasteiger partial charge in [0.2, 0.25) is 17.7 Å². The fourth-order valence-electron chi connectivity index (χ4n) is 4.59. The van der Waals surface area contributed by atoms with Crippen LogP contribution in [-0.2, 0) is 19.9 Å². The number of anilines is 1. The summed E-state index contributed by atoms with van der Waals surface area (Å²) in [4.78, 5) is 40.5. The van der Waals surface area contributed by atoms with Crippen molar-refractivity contribution in [3.05, 3.63) is 28.8 Å². The van der Waals surface area contributed by atoms with E-state index < -0.39 is 17.4 Å². The standard InChI is InChI=1S/C18H20ClN3O3/c1-4-8(2)22-15(23)12-9(3)21-18(13(12)16(22)24)10-6-5-7-11(19)14(10)20-17(18)25/h5-9,12-13,21H,4H2,1-3H3,(H,20,25)/t8-,9-,12+,13-,18+/m0/s1. The lowest BCUT2D eigenvalue weighted by Gasteiger charge is -2.30. The van der Waals surface area contributed by atoms with Gasteiger partial charge < -0.3 is 5.32 Å². The molecule has 25 heavy (non-hydrogen) atoms. The van der Waals surface area contributed by atoms with Gasteiger partial charge in [0.05, 0.1) is 22.5 Å². The van der Waals surface area contributed by atoms with Crippen LogP contribution in [0.1, 0.15) is 32.8 Å². The van der Waals surface area contributed by atoms with Crippen molar-refractivity contribution in [3.63, 3.8) is 0 Å². The molecule has 132 valence electrons. The smallest absolute Gasteiger partial charge is 0.250 e. The van der Waals surface area contributed by atoms with Gasteiger partial charge in [-0.3, -0.25) is 24.6 Å². The Morgan fingerprint density at radius 3 is 2.68 bits per heavy atom. The van der Waals surface area contributed by atoms with Gasteiger partial charge in [0, 0.05) is 17.6 Å². The molecule has 1 aromatic carbocycles. The second-order valence-electron chi connectivity index (χ2n) is 7.16. The van der Waals surface area contributed by atoms with E-state index >= 15 is 0 Å². The molecule has 1 spiro atoms. The number of nitrogens with zero attached hydrogens (tertiary/aromatic N) is 1. The van der Waals surface area contributed by atoms with Gasteiger partial charge in [0.15, 0.2) is 0 Å². The molecule has 0 bridgehead atoms. The van der Waals surface area contributed by atoms with Gasteiger partial charge in [-0.1, -0.05) is 30.7 Å². The van der Waals surface area contributed by atoms with E-state index in [0.29, 0.717) is 22.7 Å². The van der Waals surface area contributed by atoms with Crippen LogP contribution < -0.4 is 10.6 Å². The molecule has 2 fully saturated rings. The maximum absolute atomic E-state index is 13.2. The number of carbonyl (C=O) groups excluding carboxylic acids is 3. The zero-order chi connectivity index (χ0) is 18.1. The van der Waals surface area contributed by atoms with Crippen LogP contribution in [0, 0.1) is 11.8 Å². The first kappa shape index (κ1) is 16.5. The Labute approximate surface area is 150 Å². The molecule has 0 radical (unpaired) electrons. The van der Waals surface area contributed by atoms with Crippen LogP contribution in [0.25, 0.3) is 0 Å². The maximum Gasteiger partial charge on any atom is 0.250 e.